The number of nitrogens with one attached hydrogen (secondary N) is 1. The van der Waals surface area contributed by atoms with Crippen molar-refractivity contribution in [2.75, 3.05) is 26.2 Å². The SMILES string of the molecule is N#C/C(=C/NCc1cccnc1)C(=O)N1CCN(C(c2ccccc2)c2ccccc2)CC1. The van der Waals surface area contributed by atoms with Gasteiger partial charge in [-0.2, -0.15) is 5.26 Å². The second-order valence-corrected chi connectivity index (χ2v) is 7.96. The molecule has 166 valence electrons. The van der Waals surface area contributed by atoms with Crippen molar-refractivity contribution in [2.45, 2.75) is 12.6 Å². The predicted octanol–water partition coefficient (Wildman–Crippen LogP) is 3.51. The highest BCUT2D eigenvalue weighted by atomic mass is 16.2. The lowest BCUT2D eigenvalue weighted by Crippen LogP contribution is -2.50. The number of benzene rings is 2. The maximum atomic E-state index is 13.0. The number of amides is 1. The van der Waals surface area contributed by atoms with Crippen molar-refractivity contribution in [3.05, 3.63) is 114 Å². The van der Waals surface area contributed by atoms with Crippen LogP contribution < -0.4 is 5.32 Å². The number of pyridine rings is 1. The van der Waals surface area contributed by atoms with Crippen molar-refractivity contribution in [3.63, 3.8) is 0 Å². The van der Waals surface area contributed by atoms with Gasteiger partial charge in [-0.05, 0) is 22.8 Å². The van der Waals surface area contributed by atoms with E-state index in [1.807, 2.05) is 30.3 Å². The molecule has 4 rings (SSSR count). The molecule has 6 heteroatoms. The van der Waals surface area contributed by atoms with E-state index in [0.717, 1.165) is 18.7 Å². The summed E-state index contributed by atoms with van der Waals surface area (Å²) in [6.07, 6.45) is 4.98. The van der Waals surface area contributed by atoms with E-state index in [1.165, 1.54) is 17.3 Å². The average Bonchev–Trinajstić information content (AvgIpc) is 2.89. The molecule has 0 unspecified atom stereocenters. The maximum Gasteiger partial charge on any atom is 0.266 e. The van der Waals surface area contributed by atoms with Crippen LogP contribution in [0.5, 0.6) is 0 Å². The molecule has 1 fully saturated rings. The highest BCUT2D eigenvalue weighted by molar-refractivity contribution is 5.97. The summed E-state index contributed by atoms with van der Waals surface area (Å²) in [6, 6.07) is 26.9. The molecule has 0 radical (unpaired) electrons. The summed E-state index contributed by atoms with van der Waals surface area (Å²) in [5.74, 6) is -0.230. The molecule has 2 aromatic carbocycles. The Morgan fingerprint density at radius 1 is 0.970 bits per heavy atom. The van der Waals surface area contributed by atoms with Gasteiger partial charge in [-0.15, -0.1) is 0 Å². The van der Waals surface area contributed by atoms with E-state index in [2.05, 4.69) is 63.7 Å². The number of hydrogen-bond acceptors (Lipinski definition) is 5. The molecule has 0 aliphatic carbocycles. The molecule has 2 heterocycles. The Kier molecular flexibility index (Phi) is 7.47. The van der Waals surface area contributed by atoms with E-state index >= 15 is 0 Å². The van der Waals surface area contributed by atoms with Crippen LogP contribution in [0.2, 0.25) is 0 Å². The average molecular weight is 438 g/mol. The van der Waals surface area contributed by atoms with Gasteiger partial charge >= 0.3 is 0 Å². The number of carbonyl (C=O) groups excluding carboxylic acids is 1. The van der Waals surface area contributed by atoms with Crippen LogP contribution in [0.15, 0.2) is 97.0 Å². The molecule has 3 aromatic rings. The molecule has 1 saturated heterocycles. The minimum Gasteiger partial charge on any atom is -0.386 e. The molecule has 1 aliphatic rings. The Hall–Kier alpha value is -3.95. The third-order valence-electron chi connectivity index (χ3n) is 5.82. The Morgan fingerprint density at radius 2 is 1.61 bits per heavy atom. The molecule has 1 N–H and O–H groups in total. The van der Waals surface area contributed by atoms with Gasteiger partial charge in [0.2, 0.25) is 0 Å². The molecule has 0 bridgehead atoms. The van der Waals surface area contributed by atoms with Gasteiger partial charge < -0.3 is 10.2 Å². The predicted molar refractivity (Wildman–Crippen MR) is 128 cm³/mol. The van der Waals surface area contributed by atoms with E-state index in [9.17, 15) is 10.1 Å². The van der Waals surface area contributed by atoms with Gasteiger partial charge in [-0.3, -0.25) is 14.7 Å². The van der Waals surface area contributed by atoms with E-state index in [0.29, 0.717) is 19.6 Å². The normalized spacial score (nSPS) is 14.7. The minimum absolute atomic E-state index is 0.120. The van der Waals surface area contributed by atoms with Gasteiger partial charge in [0.05, 0.1) is 6.04 Å². The number of piperazine rings is 1. The number of nitriles is 1. The molecular weight excluding hydrogens is 410 g/mol. The molecule has 0 atom stereocenters. The monoisotopic (exact) mass is 437 g/mol. The molecule has 0 saturated carbocycles. The summed E-state index contributed by atoms with van der Waals surface area (Å²) < 4.78 is 0. The van der Waals surface area contributed by atoms with Crippen molar-refractivity contribution >= 4 is 5.91 Å². The topological polar surface area (TPSA) is 72.3 Å². The number of aromatic nitrogens is 1. The second-order valence-electron chi connectivity index (χ2n) is 7.96. The van der Waals surface area contributed by atoms with Gasteiger partial charge in [0, 0.05) is 51.3 Å². The van der Waals surface area contributed by atoms with Crippen LogP contribution in [-0.4, -0.2) is 46.9 Å². The number of carbonyl (C=O) groups is 1. The first-order valence-electron chi connectivity index (χ1n) is 11.1. The van der Waals surface area contributed by atoms with Crippen LogP contribution >= 0.6 is 0 Å². The second kappa shape index (κ2) is 11.1. The largest absolute Gasteiger partial charge is 0.386 e. The quantitative estimate of drug-likeness (QED) is 0.452. The van der Waals surface area contributed by atoms with Crippen LogP contribution in [0.3, 0.4) is 0 Å². The van der Waals surface area contributed by atoms with E-state index < -0.39 is 0 Å². The van der Waals surface area contributed by atoms with Gasteiger partial charge in [0.25, 0.3) is 5.91 Å². The van der Waals surface area contributed by atoms with Gasteiger partial charge in [0.1, 0.15) is 11.6 Å². The summed E-state index contributed by atoms with van der Waals surface area (Å²) in [5, 5.41) is 12.6. The van der Waals surface area contributed by atoms with Crippen LogP contribution in [0.1, 0.15) is 22.7 Å². The van der Waals surface area contributed by atoms with E-state index in [4.69, 9.17) is 0 Å². The highest BCUT2D eigenvalue weighted by Crippen LogP contribution is 2.29. The first-order chi connectivity index (χ1) is 16.3. The standard InChI is InChI=1S/C27H27N5O/c28-18-25(21-30-20-22-8-7-13-29-19-22)27(33)32-16-14-31(15-17-32)26(23-9-3-1-4-10-23)24-11-5-2-6-12-24/h1-13,19,21,26,30H,14-17,20H2/b25-21-. The van der Waals surface area contributed by atoms with Crippen molar-refractivity contribution in [3.8, 4) is 6.07 Å². The fraction of sp³-hybridized carbons (Fsp3) is 0.222. The smallest absolute Gasteiger partial charge is 0.266 e. The zero-order valence-corrected chi connectivity index (χ0v) is 18.5. The lowest BCUT2D eigenvalue weighted by atomic mass is 9.96. The summed E-state index contributed by atoms with van der Waals surface area (Å²) >= 11 is 0. The molecule has 1 aliphatic heterocycles. The van der Waals surface area contributed by atoms with Crippen LogP contribution in [0, 0.1) is 11.3 Å². The number of hydrogen-bond donors (Lipinski definition) is 1. The number of nitrogens with zero attached hydrogens (tertiary/aromatic N) is 4. The number of rotatable bonds is 7. The molecule has 0 spiro atoms. The molecule has 1 amide bonds. The van der Waals surface area contributed by atoms with Crippen molar-refractivity contribution in [1.29, 1.82) is 5.26 Å². The first-order valence-corrected chi connectivity index (χ1v) is 11.1. The van der Waals surface area contributed by atoms with Crippen molar-refractivity contribution < 1.29 is 4.79 Å². The molecule has 6 nitrogen and oxygen atoms in total. The third kappa shape index (κ3) is 5.65. The van der Waals surface area contributed by atoms with Gasteiger partial charge in [-0.25, -0.2) is 0 Å². The maximum absolute atomic E-state index is 13.0. The van der Waals surface area contributed by atoms with Gasteiger partial charge in [-0.1, -0.05) is 66.7 Å². The fourth-order valence-corrected chi connectivity index (χ4v) is 4.15. The van der Waals surface area contributed by atoms with Crippen LogP contribution in [0.25, 0.3) is 0 Å². The third-order valence-corrected chi connectivity index (χ3v) is 5.82. The Labute approximate surface area is 194 Å². The summed E-state index contributed by atoms with van der Waals surface area (Å²) in [7, 11) is 0. The Morgan fingerprint density at radius 3 is 2.15 bits per heavy atom. The highest BCUT2D eigenvalue weighted by Gasteiger charge is 2.29. The van der Waals surface area contributed by atoms with Crippen LogP contribution in [0.4, 0.5) is 0 Å². The fourth-order valence-electron chi connectivity index (χ4n) is 4.15. The Balaban J connectivity index is 1.41. The summed E-state index contributed by atoms with van der Waals surface area (Å²) in [6.45, 7) is 3.15. The van der Waals surface area contributed by atoms with Crippen LogP contribution in [-0.2, 0) is 11.3 Å². The lowest BCUT2D eigenvalue weighted by Gasteiger charge is -2.39. The van der Waals surface area contributed by atoms with Gasteiger partial charge in [0.15, 0.2) is 0 Å². The minimum atomic E-state index is -0.230. The molecule has 1 aromatic heterocycles. The molecular formula is C27H27N5O. The van der Waals surface area contributed by atoms with E-state index in [1.54, 1.807) is 17.3 Å². The lowest BCUT2D eigenvalue weighted by molar-refractivity contribution is -0.128. The zero-order chi connectivity index (χ0) is 22.9. The van der Waals surface area contributed by atoms with E-state index in [-0.39, 0.29) is 17.5 Å². The Bertz CT molecular complexity index is 1060. The van der Waals surface area contributed by atoms with Crippen molar-refractivity contribution in [1.82, 2.24) is 20.1 Å². The zero-order valence-electron chi connectivity index (χ0n) is 18.5. The first kappa shape index (κ1) is 22.3. The summed E-state index contributed by atoms with van der Waals surface area (Å²) in [4.78, 5) is 21.2. The molecule has 33 heavy (non-hydrogen) atoms. The summed E-state index contributed by atoms with van der Waals surface area (Å²) in [5.41, 5.74) is 3.58. The van der Waals surface area contributed by atoms with Crippen molar-refractivity contribution in [2.24, 2.45) is 0 Å².